The minimum atomic E-state index is -3.30. The van der Waals surface area contributed by atoms with Gasteiger partial charge in [-0.2, -0.15) is 9.97 Å². The van der Waals surface area contributed by atoms with Gasteiger partial charge in [0.25, 0.3) is 0 Å². The van der Waals surface area contributed by atoms with Crippen molar-refractivity contribution in [1.29, 1.82) is 0 Å². The number of halogens is 1. The summed E-state index contributed by atoms with van der Waals surface area (Å²) < 4.78 is 36.1. The quantitative estimate of drug-likeness (QED) is 0.335. The molecule has 1 amide bonds. The van der Waals surface area contributed by atoms with Crippen molar-refractivity contribution in [3.63, 3.8) is 0 Å². The maximum absolute atomic E-state index is 12.4. The van der Waals surface area contributed by atoms with Crippen LogP contribution in [0.15, 0.2) is 6.33 Å². The molecule has 2 aromatic heterocycles. The van der Waals surface area contributed by atoms with Gasteiger partial charge in [-0.3, -0.25) is 13.9 Å². The van der Waals surface area contributed by atoms with E-state index in [1.165, 1.54) is 20.1 Å². The van der Waals surface area contributed by atoms with E-state index in [2.05, 4.69) is 20.3 Å². The third-order valence-electron chi connectivity index (χ3n) is 5.57. The van der Waals surface area contributed by atoms with E-state index in [1.807, 2.05) is 6.92 Å². The van der Waals surface area contributed by atoms with Gasteiger partial charge in [-0.1, -0.05) is 13.8 Å². The molecule has 2 unspecified atom stereocenters. The van der Waals surface area contributed by atoms with Crippen molar-refractivity contribution in [2.75, 3.05) is 38.9 Å². The Kier molecular flexibility index (Phi) is 8.67. The van der Waals surface area contributed by atoms with E-state index in [4.69, 9.17) is 30.1 Å². The molecule has 0 radical (unpaired) electrons. The summed E-state index contributed by atoms with van der Waals surface area (Å²) in [5, 5.41) is 13.8. The molecule has 5 atom stereocenters. The van der Waals surface area contributed by atoms with Crippen LogP contribution < -0.4 is 5.32 Å². The van der Waals surface area contributed by atoms with Crippen molar-refractivity contribution >= 4 is 42.1 Å². The molecular formula is C20H31ClN5O7P. The highest BCUT2D eigenvalue weighted by atomic mass is 35.5. The van der Waals surface area contributed by atoms with Gasteiger partial charge in [0.1, 0.15) is 12.3 Å². The fourth-order valence-corrected chi connectivity index (χ4v) is 5.12. The van der Waals surface area contributed by atoms with Gasteiger partial charge >= 0.3 is 7.60 Å². The lowest BCUT2D eigenvalue weighted by Gasteiger charge is -2.32. The molecule has 12 nitrogen and oxygen atoms in total. The molecular weight excluding hydrogens is 489 g/mol. The molecule has 0 spiro atoms. The highest BCUT2D eigenvalue weighted by Gasteiger charge is 2.55. The van der Waals surface area contributed by atoms with Crippen LogP contribution in [0.25, 0.3) is 11.2 Å². The predicted octanol–water partition coefficient (Wildman–Crippen LogP) is 3.01. The monoisotopic (exact) mass is 519 g/mol. The van der Waals surface area contributed by atoms with Crippen molar-refractivity contribution in [2.45, 2.75) is 52.0 Å². The molecule has 14 heteroatoms. The van der Waals surface area contributed by atoms with E-state index in [-0.39, 0.29) is 36.8 Å². The number of hydrogen-bond donors (Lipinski definition) is 2. The Balaban J connectivity index is 1.96. The van der Waals surface area contributed by atoms with Crippen molar-refractivity contribution in [1.82, 2.24) is 19.5 Å². The van der Waals surface area contributed by atoms with Gasteiger partial charge in [0.15, 0.2) is 17.0 Å². The fourth-order valence-electron chi connectivity index (χ4n) is 4.00. The molecule has 190 valence electrons. The lowest BCUT2D eigenvalue weighted by molar-refractivity contribution is -0.116. The van der Waals surface area contributed by atoms with Gasteiger partial charge in [0, 0.05) is 20.2 Å². The van der Waals surface area contributed by atoms with Crippen LogP contribution in [-0.4, -0.2) is 76.3 Å². The Hall–Kier alpha value is -1.66. The summed E-state index contributed by atoms with van der Waals surface area (Å²) in [7, 11) is -1.79. The van der Waals surface area contributed by atoms with Gasteiger partial charge in [0.05, 0.1) is 37.7 Å². The highest BCUT2D eigenvalue weighted by Crippen LogP contribution is 2.49. The maximum atomic E-state index is 12.4. The first-order valence-corrected chi connectivity index (χ1v) is 13.3. The van der Waals surface area contributed by atoms with E-state index in [0.717, 1.165) is 0 Å². The number of aliphatic hydroxyl groups is 1. The number of nitrogens with one attached hydrogen (secondary N) is 1. The summed E-state index contributed by atoms with van der Waals surface area (Å²) in [5.41, 5.74) is -0.327. The Morgan fingerprint density at radius 2 is 2.12 bits per heavy atom. The number of aromatic nitrogens is 4. The van der Waals surface area contributed by atoms with Crippen LogP contribution >= 0.6 is 19.2 Å². The lowest BCUT2D eigenvalue weighted by atomic mass is 9.83. The van der Waals surface area contributed by atoms with Crippen LogP contribution in [0.5, 0.6) is 0 Å². The Morgan fingerprint density at radius 3 is 2.76 bits per heavy atom. The summed E-state index contributed by atoms with van der Waals surface area (Å²) >= 11 is 6.14. The second kappa shape index (κ2) is 10.9. The molecule has 1 aliphatic rings. The number of carbonyl (C=O) groups is 1. The van der Waals surface area contributed by atoms with Crippen molar-refractivity contribution in [3.8, 4) is 0 Å². The number of nitrogens with zero attached hydrogens (tertiary/aromatic N) is 4. The number of amides is 1. The average Bonchev–Trinajstić information content (AvgIpc) is 3.26. The normalized spacial score (nSPS) is 26.6. The van der Waals surface area contributed by atoms with Gasteiger partial charge < -0.3 is 28.9 Å². The number of rotatable bonds is 11. The molecule has 0 aromatic carbocycles. The number of fused-ring (bicyclic) bond motifs is 1. The van der Waals surface area contributed by atoms with Gasteiger partial charge in [0.2, 0.25) is 11.2 Å². The number of imidazole rings is 1. The van der Waals surface area contributed by atoms with Gasteiger partial charge in [-0.15, -0.1) is 0 Å². The molecule has 1 fully saturated rings. The van der Waals surface area contributed by atoms with Crippen LogP contribution in [0.2, 0.25) is 5.28 Å². The molecule has 2 aromatic rings. The molecule has 2 N–H and O–H groups in total. The lowest BCUT2D eigenvalue weighted by Crippen LogP contribution is -2.41. The first-order valence-electron chi connectivity index (χ1n) is 10.9. The summed E-state index contributed by atoms with van der Waals surface area (Å²) in [6.45, 7) is 6.95. The zero-order valence-corrected chi connectivity index (χ0v) is 21.5. The summed E-state index contributed by atoms with van der Waals surface area (Å²) in [4.78, 5) is 24.9. The van der Waals surface area contributed by atoms with E-state index >= 15 is 0 Å². The number of carbonyl (C=O) groups excluding carboxylic acids is 1. The fraction of sp³-hybridized carbons (Fsp3) is 0.700. The number of aliphatic hydroxyl groups excluding tert-OH is 1. The smallest absolute Gasteiger partial charge is 0.327 e. The van der Waals surface area contributed by atoms with Crippen LogP contribution in [0.4, 0.5) is 5.82 Å². The van der Waals surface area contributed by atoms with Gasteiger partial charge in [-0.05, 0) is 24.9 Å². The molecule has 3 rings (SSSR count). The number of hydrogen-bond acceptors (Lipinski definition) is 10. The summed E-state index contributed by atoms with van der Waals surface area (Å²) in [6, 6.07) is 0. The third-order valence-corrected chi connectivity index (χ3v) is 7.08. The largest absolute Gasteiger partial charge is 0.389 e. The van der Waals surface area contributed by atoms with E-state index in [0.29, 0.717) is 24.0 Å². The van der Waals surface area contributed by atoms with Crippen molar-refractivity contribution < 1.29 is 33.0 Å². The highest BCUT2D eigenvalue weighted by molar-refractivity contribution is 7.52. The molecule has 0 aliphatic carbocycles. The molecule has 0 bridgehead atoms. The van der Waals surface area contributed by atoms with Crippen LogP contribution in [0.1, 0.15) is 39.8 Å². The molecule has 34 heavy (non-hydrogen) atoms. The summed E-state index contributed by atoms with van der Waals surface area (Å²) in [6.07, 6.45) is -0.212. The van der Waals surface area contributed by atoms with E-state index in [9.17, 15) is 14.5 Å². The second-order valence-electron chi connectivity index (χ2n) is 8.36. The number of methoxy groups -OCH3 is 1. The number of anilines is 1. The average molecular weight is 520 g/mol. The Bertz CT molecular complexity index is 1070. The topological polar surface area (TPSA) is 147 Å². The molecule has 3 heterocycles. The van der Waals surface area contributed by atoms with Gasteiger partial charge in [-0.25, -0.2) is 4.98 Å². The number of ether oxygens (including phenoxy) is 2. The predicted molar refractivity (Wildman–Crippen MR) is 125 cm³/mol. The first kappa shape index (κ1) is 26.9. The SMILES string of the molecule is CCCC(=O)Nc1nc(Cl)nc2c1ncn2[C@@H]1O[C@H](COP(C)(=O)OCC)[C@H](O)C1(C)COC. The van der Waals surface area contributed by atoms with Crippen LogP contribution in [-0.2, 0) is 27.9 Å². The van der Waals surface area contributed by atoms with Crippen molar-refractivity contribution in [3.05, 3.63) is 11.6 Å². The zero-order chi connectivity index (χ0) is 25.1. The molecule has 0 saturated carbocycles. The Labute approximate surface area is 202 Å². The van der Waals surface area contributed by atoms with Crippen molar-refractivity contribution in [2.24, 2.45) is 5.41 Å². The zero-order valence-electron chi connectivity index (χ0n) is 19.9. The molecule has 1 aliphatic heterocycles. The van der Waals surface area contributed by atoms with E-state index in [1.54, 1.807) is 18.4 Å². The van der Waals surface area contributed by atoms with Crippen LogP contribution in [0.3, 0.4) is 0 Å². The van der Waals surface area contributed by atoms with E-state index < -0.39 is 31.4 Å². The second-order valence-corrected chi connectivity index (χ2v) is 10.8. The molecule has 1 saturated heterocycles. The first-order chi connectivity index (χ1) is 16.1. The standard InChI is InChI=1S/C20H31ClN5O7P/c1-6-8-13(27)23-16-14-17(25-19(21)24-16)26(11-22-14)18-20(3,10-30-4)15(28)12(33-18)9-32-34(5,29)31-7-2/h11-12,15,18,28H,6-10H2,1-5H3,(H,23,24,25,27)/t12-,15+,18-,20?,34?/m1/s1. The van der Waals surface area contributed by atoms with Crippen LogP contribution in [0, 0.1) is 5.41 Å². The summed E-state index contributed by atoms with van der Waals surface area (Å²) in [5.74, 6) is -0.0388. The Morgan fingerprint density at radius 1 is 1.38 bits per heavy atom. The maximum Gasteiger partial charge on any atom is 0.327 e. The third kappa shape index (κ3) is 5.59. The minimum Gasteiger partial charge on any atom is -0.389 e. The minimum absolute atomic E-state index is 0.0865.